The zero-order chi connectivity index (χ0) is 19.6. The van der Waals surface area contributed by atoms with Crippen molar-refractivity contribution in [3.63, 3.8) is 0 Å². The number of rotatable bonds is 5. The van der Waals surface area contributed by atoms with E-state index < -0.39 is 11.7 Å². The molecule has 1 N–H and O–H groups in total. The number of benzene rings is 2. The van der Waals surface area contributed by atoms with E-state index in [1.807, 2.05) is 0 Å². The molecule has 0 spiro atoms. The number of ketones is 1. The van der Waals surface area contributed by atoms with Crippen LogP contribution in [0.15, 0.2) is 48.5 Å². The number of nitrogens with zero attached hydrogens (tertiary/aromatic N) is 2. The minimum Gasteiger partial charge on any atom is -0.496 e. The van der Waals surface area contributed by atoms with Gasteiger partial charge in [-0.3, -0.25) is 14.3 Å². The Morgan fingerprint density at radius 1 is 1.15 bits per heavy atom. The average molecular weight is 367 g/mol. The molecule has 0 atom stereocenters. The topological polar surface area (TPSA) is 73.2 Å². The van der Waals surface area contributed by atoms with Crippen molar-refractivity contribution in [2.75, 3.05) is 12.4 Å². The number of hydrogen-bond acceptors (Lipinski definition) is 4. The molecule has 2 aromatic carbocycles. The van der Waals surface area contributed by atoms with E-state index in [0.29, 0.717) is 28.3 Å². The molecule has 1 amide bonds. The summed E-state index contributed by atoms with van der Waals surface area (Å²) in [6.07, 6.45) is 0. The third-order valence-electron chi connectivity index (χ3n) is 4.08. The maximum atomic E-state index is 13.7. The van der Waals surface area contributed by atoms with Gasteiger partial charge in [0.2, 0.25) is 0 Å². The Bertz CT molecular complexity index is 1030. The summed E-state index contributed by atoms with van der Waals surface area (Å²) in [5, 5.41) is 6.92. The van der Waals surface area contributed by atoms with Gasteiger partial charge in [-0.15, -0.1) is 0 Å². The van der Waals surface area contributed by atoms with Crippen LogP contribution in [0, 0.1) is 5.82 Å². The summed E-state index contributed by atoms with van der Waals surface area (Å²) in [6, 6.07) is 12.3. The molecule has 0 unspecified atom stereocenters. The molecule has 138 valence electrons. The zero-order valence-corrected chi connectivity index (χ0v) is 15.1. The lowest BCUT2D eigenvalue weighted by Gasteiger charge is -2.08. The molecule has 1 heterocycles. The molecule has 0 saturated heterocycles. The maximum Gasteiger partial charge on any atom is 0.276 e. The van der Waals surface area contributed by atoms with E-state index in [2.05, 4.69) is 10.4 Å². The first-order valence-electron chi connectivity index (χ1n) is 8.19. The standard InChI is InChI=1S/C20H18FN3O3/c1-12(25)13-5-4-6-15(9-13)22-20(26)17-11-18(24(2)23-17)16-10-14(21)7-8-19(16)27-3/h4-11H,1-3H3,(H,22,26). The largest absolute Gasteiger partial charge is 0.496 e. The van der Waals surface area contributed by atoms with Crippen molar-refractivity contribution in [3.8, 4) is 17.0 Å². The minimum atomic E-state index is -0.437. The summed E-state index contributed by atoms with van der Waals surface area (Å²) in [7, 11) is 3.15. The van der Waals surface area contributed by atoms with Crippen LogP contribution >= 0.6 is 0 Å². The predicted molar refractivity (Wildman–Crippen MR) is 99.6 cm³/mol. The first kappa shape index (κ1) is 18.3. The Labute approximate surface area is 155 Å². The maximum absolute atomic E-state index is 13.7. The Hall–Kier alpha value is -3.48. The molecule has 0 fully saturated rings. The number of aromatic nitrogens is 2. The van der Waals surface area contributed by atoms with Crippen LogP contribution in [0.4, 0.5) is 10.1 Å². The number of hydrogen-bond donors (Lipinski definition) is 1. The summed E-state index contributed by atoms with van der Waals surface area (Å²) >= 11 is 0. The second-order valence-corrected chi connectivity index (χ2v) is 5.97. The van der Waals surface area contributed by atoms with Crippen LogP contribution in [0.2, 0.25) is 0 Å². The van der Waals surface area contributed by atoms with Gasteiger partial charge < -0.3 is 10.1 Å². The van der Waals surface area contributed by atoms with Crippen LogP contribution in [-0.2, 0) is 7.05 Å². The quantitative estimate of drug-likeness (QED) is 0.698. The van der Waals surface area contributed by atoms with Crippen LogP contribution in [-0.4, -0.2) is 28.6 Å². The Morgan fingerprint density at radius 2 is 1.93 bits per heavy atom. The minimum absolute atomic E-state index is 0.0931. The SMILES string of the molecule is COc1ccc(F)cc1-c1cc(C(=O)Nc2cccc(C(C)=O)c2)nn1C. The summed E-state index contributed by atoms with van der Waals surface area (Å²) in [5.41, 5.74) is 2.17. The summed E-state index contributed by atoms with van der Waals surface area (Å²) < 4.78 is 20.4. The molecule has 0 aliphatic heterocycles. The number of aryl methyl sites for hydroxylation is 1. The van der Waals surface area contributed by atoms with Gasteiger partial charge in [-0.05, 0) is 43.3 Å². The van der Waals surface area contributed by atoms with Gasteiger partial charge in [0.15, 0.2) is 11.5 Å². The van der Waals surface area contributed by atoms with Crippen LogP contribution in [0.1, 0.15) is 27.8 Å². The van der Waals surface area contributed by atoms with E-state index in [1.54, 1.807) is 37.4 Å². The van der Waals surface area contributed by atoms with Gasteiger partial charge in [0.1, 0.15) is 11.6 Å². The predicted octanol–water partition coefficient (Wildman–Crippen LogP) is 3.69. The highest BCUT2D eigenvalue weighted by Gasteiger charge is 2.17. The van der Waals surface area contributed by atoms with Crippen molar-refractivity contribution < 1.29 is 18.7 Å². The van der Waals surface area contributed by atoms with Gasteiger partial charge in [-0.2, -0.15) is 5.10 Å². The van der Waals surface area contributed by atoms with Crippen LogP contribution < -0.4 is 10.1 Å². The van der Waals surface area contributed by atoms with E-state index in [1.165, 1.54) is 36.9 Å². The lowest BCUT2D eigenvalue weighted by molar-refractivity contribution is 0.100. The molecular weight excluding hydrogens is 349 g/mol. The smallest absolute Gasteiger partial charge is 0.276 e. The zero-order valence-electron chi connectivity index (χ0n) is 15.1. The third kappa shape index (κ3) is 3.87. The summed E-state index contributed by atoms with van der Waals surface area (Å²) in [5.74, 6) is -0.475. The van der Waals surface area contributed by atoms with Gasteiger partial charge >= 0.3 is 0 Å². The molecule has 3 aromatic rings. The van der Waals surface area contributed by atoms with Crippen molar-refractivity contribution >= 4 is 17.4 Å². The molecule has 0 aliphatic rings. The van der Waals surface area contributed by atoms with Gasteiger partial charge in [0, 0.05) is 23.9 Å². The molecule has 27 heavy (non-hydrogen) atoms. The Kier molecular flexibility index (Phi) is 5.03. The summed E-state index contributed by atoms with van der Waals surface area (Å²) in [4.78, 5) is 24.0. The second kappa shape index (κ2) is 7.41. The van der Waals surface area contributed by atoms with Crippen molar-refractivity contribution in [1.82, 2.24) is 9.78 Å². The highest BCUT2D eigenvalue weighted by molar-refractivity contribution is 6.04. The molecule has 0 aliphatic carbocycles. The van der Waals surface area contributed by atoms with E-state index in [4.69, 9.17) is 4.74 Å². The number of nitrogens with one attached hydrogen (secondary N) is 1. The first-order chi connectivity index (χ1) is 12.9. The number of carbonyl (C=O) groups is 2. The van der Waals surface area contributed by atoms with Gasteiger partial charge in [0.25, 0.3) is 5.91 Å². The molecule has 3 rings (SSSR count). The van der Waals surface area contributed by atoms with E-state index in [9.17, 15) is 14.0 Å². The number of halogens is 1. The number of amides is 1. The molecule has 0 bridgehead atoms. The molecule has 0 saturated carbocycles. The number of methoxy groups -OCH3 is 1. The highest BCUT2D eigenvalue weighted by atomic mass is 19.1. The van der Waals surface area contributed by atoms with Crippen molar-refractivity contribution in [2.45, 2.75) is 6.92 Å². The Morgan fingerprint density at radius 3 is 2.63 bits per heavy atom. The lowest BCUT2D eigenvalue weighted by Crippen LogP contribution is -2.13. The molecule has 7 heteroatoms. The fraction of sp³-hybridized carbons (Fsp3) is 0.150. The number of carbonyl (C=O) groups excluding carboxylic acids is 2. The van der Waals surface area contributed by atoms with Crippen LogP contribution in [0.3, 0.4) is 0 Å². The fourth-order valence-electron chi connectivity index (χ4n) is 2.72. The van der Waals surface area contributed by atoms with E-state index >= 15 is 0 Å². The average Bonchev–Trinajstić information content (AvgIpc) is 3.03. The normalized spacial score (nSPS) is 10.5. The van der Waals surface area contributed by atoms with Crippen LogP contribution in [0.5, 0.6) is 5.75 Å². The molecule has 1 aromatic heterocycles. The first-order valence-corrected chi connectivity index (χ1v) is 8.19. The third-order valence-corrected chi connectivity index (χ3v) is 4.08. The monoisotopic (exact) mass is 367 g/mol. The molecule has 6 nitrogen and oxygen atoms in total. The molecular formula is C20H18FN3O3. The van der Waals surface area contributed by atoms with Gasteiger partial charge in [0.05, 0.1) is 12.8 Å². The fourth-order valence-corrected chi connectivity index (χ4v) is 2.72. The number of anilines is 1. The van der Waals surface area contributed by atoms with E-state index in [-0.39, 0.29) is 11.5 Å². The van der Waals surface area contributed by atoms with Crippen LogP contribution in [0.25, 0.3) is 11.3 Å². The van der Waals surface area contributed by atoms with Crippen molar-refractivity contribution in [1.29, 1.82) is 0 Å². The van der Waals surface area contributed by atoms with Gasteiger partial charge in [-0.1, -0.05) is 12.1 Å². The van der Waals surface area contributed by atoms with Gasteiger partial charge in [-0.25, -0.2) is 4.39 Å². The second-order valence-electron chi connectivity index (χ2n) is 5.97. The van der Waals surface area contributed by atoms with Crippen molar-refractivity contribution in [2.24, 2.45) is 7.05 Å². The lowest BCUT2D eigenvalue weighted by atomic mass is 10.1. The Balaban J connectivity index is 1.90. The highest BCUT2D eigenvalue weighted by Crippen LogP contribution is 2.31. The van der Waals surface area contributed by atoms with E-state index in [0.717, 1.165) is 0 Å². The van der Waals surface area contributed by atoms with Crippen molar-refractivity contribution in [3.05, 3.63) is 65.6 Å². The number of Topliss-reactive ketones (excluding diaryl/α,β-unsaturated/α-hetero) is 1. The molecule has 0 radical (unpaired) electrons. The number of ether oxygens (including phenoxy) is 1. The summed E-state index contributed by atoms with van der Waals surface area (Å²) in [6.45, 7) is 1.46.